The molecule has 0 unspecified atom stereocenters. The molecule has 0 fully saturated rings. The summed E-state index contributed by atoms with van der Waals surface area (Å²) in [4.78, 5) is 25.2. The molecule has 2 heterocycles. The third kappa shape index (κ3) is 5.57. The third-order valence-electron chi connectivity index (χ3n) is 4.43. The summed E-state index contributed by atoms with van der Waals surface area (Å²) in [5, 5.41) is 25.3. The maximum absolute atomic E-state index is 12.3. The molecule has 1 amide bonds. The Morgan fingerprint density at radius 2 is 1.56 bits per heavy atom. The first-order chi connectivity index (χ1) is 15.4. The number of anilines is 5. The average molecular weight is 430 g/mol. The maximum atomic E-state index is 12.3. The van der Waals surface area contributed by atoms with E-state index < -0.39 is 0 Å². The van der Waals surface area contributed by atoms with E-state index in [1.165, 1.54) is 0 Å². The smallest absolute Gasteiger partial charge is 0.233 e. The van der Waals surface area contributed by atoms with E-state index in [0.717, 1.165) is 16.9 Å². The molecule has 0 saturated carbocycles. The van der Waals surface area contributed by atoms with Crippen LogP contribution in [0, 0.1) is 13.8 Å². The van der Waals surface area contributed by atoms with E-state index in [-0.39, 0.29) is 18.1 Å². The largest absolute Gasteiger partial charge is 0.508 e. The average Bonchev–Trinajstić information content (AvgIpc) is 3.17. The fourth-order valence-corrected chi connectivity index (χ4v) is 2.91. The molecule has 0 aliphatic heterocycles. The van der Waals surface area contributed by atoms with Crippen LogP contribution in [-0.4, -0.2) is 36.2 Å². The molecule has 32 heavy (non-hydrogen) atoms. The zero-order valence-electron chi connectivity index (χ0n) is 17.5. The van der Waals surface area contributed by atoms with Crippen molar-refractivity contribution in [1.29, 1.82) is 0 Å². The third-order valence-corrected chi connectivity index (χ3v) is 4.43. The standard InChI is InChI=1S/C22H22N8O2/c1-13-3-5-15(6-4-13)25-20(32)12-17-11-19(30-29-17)27-22-24-14(2)23-21(28-22)26-16-7-9-18(31)10-8-16/h3-11,31H,12H2,1-2H3,(H,25,32)(H3,23,24,26,27,28,29,30). The van der Waals surface area contributed by atoms with Crippen molar-refractivity contribution in [3.8, 4) is 5.75 Å². The fraction of sp³-hybridized carbons (Fsp3) is 0.136. The predicted molar refractivity (Wildman–Crippen MR) is 121 cm³/mol. The Morgan fingerprint density at radius 3 is 2.28 bits per heavy atom. The zero-order chi connectivity index (χ0) is 22.5. The summed E-state index contributed by atoms with van der Waals surface area (Å²) in [5.74, 6) is 1.66. The van der Waals surface area contributed by atoms with Crippen molar-refractivity contribution in [3.63, 3.8) is 0 Å². The van der Waals surface area contributed by atoms with Gasteiger partial charge in [-0.3, -0.25) is 9.89 Å². The van der Waals surface area contributed by atoms with Gasteiger partial charge in [-0.2, -0.15) is 20.1 Å². The van der Waals surface area contributed by atoms with Gasteiger partial charge in [0.25, 0.3) is 0 Å². The van der Waals surface area contributed by atoms with E-state index in [0.29, 0.717) is 29.2 Å². The van der Waals surface area contributed by atoms with Crippen LogP contribution in [0.5, 0.6) is 5.75 Å². The van der Waals surface area contributed by atoms with Gasteiger partial charge in [0.2, 0.25) is 17.8 Å². The van der Waals surface area contributed by atoms with Crippen LogP contribution >= 0.6 is 0 Å². The van der Waals surface area contributed by atoms with Crippen molar-refractivity contribution in [2.45, 2.75) is 20.3 Å². The molecule has 162 valence electrons. The number of aryl methyl sites for hydroxylation is 2. The van der Waals surface area contributed by atoms with Crippen LogP contribution < -0.4 is 16.0 Å². The maximum Gasteiger partial charge on any atom is 0.233 e. The van der Waals surface area contributed by atoms with Crippen LogP contribution in [0.15, 0.2) is 54.6 Å². The van der Waals surface area contributed by atoms with Gasteiger partial charge in [-0.15, -0.1) is 0 Å². The number of hydrogen-bond acceptors (Lipinski definition) is 8. The minimum atomic E-state index is -0.152. The zero-order valence-corrected chi connectivity index (χ0v) is 17.5. The lowest BCUT2D eigenvalue weighted by molar-refractivity contribution is -0.115. The topological polar surface area (TPSA) is 141 Å². The van der Waals surface area contributed by atoms with Crippen molar-refractivity contribution in [3.05, 3.63) is 71.7 Å². The minimum absolute atomic E-state index is 0.145. The van der Waals surface area contributed by atoms with E-state index in [1.807, 2.05) is 31.2 Å². The van der Waals surface area contributed by atoms with Crippen molar-refractivity contribution in [1.82, 2.24) is 25.1 Å². The second-order valence-electron chi connectivity index (χ2n) is 7.20. The van der Waals surface area contributed by atoms with Gasteiger partial charge in [0, 0.05) is 23.1 Å². The molecule has 4 aromatic rings. The minimum Gasteiger partial charge on any atom is -0.508 e. The molecular formula is C22H22N8O2. The molecule has 0 bridgehead atoms. The van der Waals surface area contributed by atoms with Gasteiger partial charge in [-0.25, -0.2) is 0 Å². The van der Waals surface area contributed by atoms with E-state index >= 15 is 0 Å². The molecule has 10 nitrogen and oxygen atoms in total. The number of aromatic nitrogens is 5. The van der Waals surface area contributed by atoms with Gasteiger partial charge in [0.15, 0.2) is 5.82 Å². The summed E-state index contributed by atoms with van der Waals surface area (Å²) in [6, 6.07) is 15.9. The Morgan fingerprint density at radius 1 is 0.906 bits per heavy atom. The Bertz CT molecular complexity index is 1220. The molecule has 10 heteroatoms. The van der Waals surface area contributed by atoms with Crippen LogP contribution in [0.1, 0.15) is 17.1 Å². The number of H-pyrrole nitrogens is 1. The number of phenols is 1. The van der Waals surface area contributed by atoms with Crippen LogP contribution in [0.3, 0.4) is 0 Å². The fourth-order valence-electron chi connectivity index (χ4n) is 2.91. The van der Waals surface area contributed by atoms with Crippen molar-refractivity contribution < 1.29 is 9.90 Å². The van der Waals surface area contributed by atoms with Gasteiger partial charge in [-0.1, -0.05) is 17.7 Å². The molecule has 2 aromatic carbocycles. The monoisotopic (exact) mass is 430 g/mol. The number of rotatable bonds is 7. The number of benzene rings is 2. The number of aromatic hydroxyl groups is 1. The molecule has 0 radical (unpaired) electrons. The van der Waals surface area contributed by atoms with Crippen LogP contribution in [0.25, 0.3) is 0 Å². The van der Waals surface area contributed by atoms with Crippen molar-refractivity contribution in [2.24, 2.45) is 0 Å². The molecule has 5 N–H and O–H groups in total. The Labute approximate surface area is 184 Å². The number of aromatic amines is 1. The highest BCUT2D eigenvalue weighted by atomic mass is 16.3. The predicted octanol–water partition coefficient (Wildman–Crippen LogP) is 3.59. The first kappa shape index (κ1) is 20.8. The van der Waals surface area contributed by atoms with Crippen molar-refractivity contribution >= 4 is 35.0 Å². The number of nitrogens with zero attached hydrogens (tertiary/aromatic N) is 4. The second-order valence-corrected chi connectivity index (χ2v) is 7.20. The first-order valence-electron chi connectivity index (χ1n) is 9.89. The van der Waals surface area contributed by atoms with Crippen LogP contribution in [0.4, 0.5) is 29.1 Å². The summed E-state index contributed by atoms with van der Waals surface area (Å²) < 4.78 is 0. The number of nitrogens with one attached hydrogen (secondary N) is 4. The van der Waals surface area contributed by atoms with E-state index in [2.05, 4.69) is 41.1 Å². The van der Waals surface area contributed by atoms with E-state index in [1.54, 1.807) is 37.3 Å². The molecular weight excluding hydrogens is 408 g/mol. The van der Waals surface area contributed by atoms with E-state index in [4.69, 9.17) is 0 Å². The molecule has 0 aliphatic carbocycles. The van der Waals surface area contributed by atoms with Crippen molar-refractivity contribution in [2.75, 3.05) is 16.0 Å². The van der Waals surface area contributed by atoms with E-state index in [9.17, 15) is 9.90 Å². The first-order valence-corrected chi connectivity index (χ1v) is 9.89. The highest BCUT2D eigenvalue weighted by Crippen LogP contribution is 2.19. The summed E-state index contributed by atoms with van der Waals surface area (Å²) in [6.07, 6.45) is 0.145. The number of hydrogen-bond donors (Lipinski definition) is 5. The van der Waals surface area contributed by atoms with Gasteiger partial charge in [0.05, 0.1) is 6.42 Å². The van der Waals surface area contributed by atoms with Crippen LogP contribution in [-0.2, 0) is 11.2 Å². The molecule has 2 aromatic heterocycles. The summed E-state index contributed by atoms with van der Waals surface area (Å²) >= 11 is 0. The second kappa shape index (κ2) is 9.13. The number of carbonyl (C=O) groups excluding carboxylic acids is 1. The lowest BCUT2D eigenvalue weighted by atomic mass is 10.2. The molecule has 4 rings (SSSR count). The number of amides is 1. The Balaban J connectivity index is 1.39. The normalized spacial score (nSPS) is 10.6. The molecule has 0 aliphatic rings. The van der Waals surface area contributed by atoms with Crippen LogP contribution in [0.2, 0.25) is 0 Å². The molecule has 0 saturated heterocycles. The Kier molecular flexibility index (Phi) is 5.93. The highest BCUT2D eigenvalue weighted by Gasteiger charge is 2.10. The molecule has 0 spiro atoms. The van der Waals surface area contributed by atoms with Gasteiger partial charge >= 0.3 is 0 Å². The van der Waals surface area contributed by atoms with Gasteiger partial charge in [-0.05, 0) is 50.2 Å². The highest BCUT2D eigenvalue weighted by molar-refractivity contribution is 5.92. The summed E-state index contributed by atoms with van der Waals surface area (Å²) in [6.45, 7) is 3.74. The number of carbonyl (C=O) groups is 1. The van der Waals surface area contributed by atoms with Gasteiger partial charge < -0.3 is 21.1 Å². The quantitative estimate of drug-likeness (QED) is 0.280. The summed E-state index contributed by atoms with van der Waals surface area (Å²) in [5.41, 5.74) is 3.24. The lowest BCUT2D eigenvalue weighted by Gasteiger charge is -2.08. The SMILES string of the molecule is Cc1ccc(NC(=O)Cc2cc(Nc3nc(C)nc(Nc4ccc(O)cc4)n3)n[nH]2)cc1. The molecule has 0 atom stereocenters. The lowest BCUT2D eigenvalue weighted by Crippen LogP contribution is -2.14. The number of phenolic OH excluding ortho intramolecular Hbond substituents is 1. The Hall–Kier alpha value is -4.47. The summed E-state index contributed by atoms with van der Waals surface area (Å²) in [7, 11) is 0. The van der Waals surface area contributed by atoms with Gasteiger partial charge in [0.1, 0.15) is 11.6 Å².